The topological polar surface area (TPSA) is 42.9 Å². The van der Waals surface area contributed by atoms with Gasteiger partial charge < -0.3 is 15.5 Å². The number of halogens is 2. The summed E-state index contributed by atoms with van der Waals surface area (Å²) in [7, 11) is 2.17. The molecule has 1 heterocycles. The van der Waals surface area contributed by atoms with E-state index in [0.717, 1.165) is 50.8 Å². The quantitative estimate of drug-likeness (QED) is 0.386. The molecule has 1 atom stereocenters. The van der Waals surface area contributed by atoms with E-state index in [1.165, 1.54) is 12.1 Å². The third-order valence-electron chi connectivity index (χ3n) is 4.40. The fourth-order valence-corrected chi connectivity index (χ4v) is 2.74. The largest absolute Gasteiger partial charge is 0.357 e. The number of nitrogens with one attached hydrogen (secondary N) is 2. The van der Waals surface area contributed by atoms with Gasteiger partial charge in [-0.1, -0.05) is 12.1 Å². The summed E-state index contributed by atoms with van der Waals surface area (Å²) < 4.78 is 12.9. The molecule has 0 bridgehead atoms. The van der Waals surface area contributed by atoms with Gasteiger partial charge in [0.15, 0.2) is 5.96 Å². The van der Waals surface area contributed by atoms with Crippen molar-refractivity contribution in [1.29, 1.82) is 0 Å². The number of hydrogen-bond acceptors (Lipinski definition) is 3. The number of likely N-dealkylation sites (N-methyl/N-ethyl adjacent to an activating group) is 1. The van der Waals surface area contributed by atoms with Gasteiger partial charge in [-0.25, -0.2) is 9.38 Å². The van der Waals surface area contributed by atoms with Gasteiger partial charge in [0, 0.05) is 45.3 Å². The van der Waals surface area contributed by atoms with Gasteiger partial charge >= 0.3 is 0 Å². The average Bonchev–Trinajstić information content (AvgIpc) is 2.59. The monoisotopic (exact) mass is 463 g/mol. The van der Waals surface area contributed by atoms with E-state index in [4.69, 9.17) is 0 Å². The molecular formula is C18H31FIN5. The predicted octanol–water partition coefficient (Wildman–Crippen LogP) is 2.13. The Morgan fingerprint density at radius 3 is 2.40 bits per heavy atom. The molecule has 1 aliphatic rings. The van der Waals surface area contributed by atoms with Crippen LogP contribution in [0.2, 0.25) is 0 Å². The van der Waals surface area contributed by atoms with Crippen LogP contribution in [0.4, 0.5) is 4.39 Å². The van der Waals surface area contributed by atoms with E-state index in [2.05, 4.69) is 46.3 Å². The molecule has 1 unspecified atom stereocenters. The molecule has 0 aromatic heterocycles. The molecule has 2 N–H and O–H groups in total. The van der Waals surface area contributed by atoms with Crippen LogP contribution in [-0.4, -0.2) is 68.1 Å². The summed E-state index contributed by atoms with van der Waals surface area (Å²) in [5.41, 5.74) is 1.00. The lowest BCUT2D eigenvalue weighted by molar-refractivity contribution is 0.120. The Balaban J connectivity index is 0.00000312. The van der Waals surface area contributed by atoms with Crippen LogP contribution in [0.1, 0.15) is 19.4 Å². The van der Waals surface area contributed by atoms with Crippen molar-refractivity contribution < 1.29 is 4.39 Å². The maximum absolute atomic E-state index is 12.9. The fraction of sp³-hybridized carbons (Fsp3) is 0.611. The summed E-state index contributed by atoms with van der Waals surface area (Å²) in [6.45, 7) is 11.0. The summed E-state index contributed by atoms with van der Waals surface area (Å²) in [6, 6.07) is 6.96. The Hall–Kier alpha value is -0.930. The van der Waals surface area contributed by atoms with Crippen molar-refractivity contribution >= 4 is 29.9 Å². The molecule has 142 valence electrons. The molecule has 1 fully saturated rings. The minimum Gasteiger partial charge on any atom is -0.357 e. The highest BCUT2D eigenvalue weighted by Crippen LogP contribution is 2.05. The summed E-state index contributed by atoms with van der Waals surface area (Å²) in [6.07, 6.45) is 0. The van der Waals surface area contributed by atoms with E-state index >= 15 is 0 Å². The second-order valence-corrected chi connectivity index (χ2v) is 6.39. The maximum Gasteiger partial charge on any atom is 0.191 e. The van der Waals surface area contributed by atoms with Crippen LogP contribution in [0.25, 0.3) is 0 Å². The van der Waals surface area contributed by atoms with Crippen LogP contribution >= 0.6 is 24.0 Å². The molecule has 0 aliphatic carbocycles. The highest BCUT2D eigenvalue weighted by Gasteiger charge is 2.18. The molecule has 0 amide bonds. The molecule has 2 rings (SSSR count). The Kier molecular flexibility index (Phi) is 10.3. The van der Waals surface area contributed by atoms with Gasteiger partial charge in [0.2, 0.25) is 0 Å². The molecule has 1 saturated heterocycles. The number of rotatable bonds is 6. The lowest BCUT2D eigenvalue weighted by Crippen LogP contribution is -2.52. The van der Waals surface area contributed by atoms with Gasteiger partial charge in [0.25, 0.3) is 0 Å². The van der Waals surface area contributed by atoms with Crippen molar-refractivity contribution in [2.24, 2.45) is 4.99 Å². The first-order valence-corrected chi connectivity index (χ1v) is 8.77. The fourth-order valence-electron chi connectivity index (χ4n) is 2.74. The maximum atomic E-state index is 12.9. The molecule has 7 heteroatoms. The van der Waals surface area contributed by atoms with Crippen molar-refractivity contribution in [3.63, 3.8) is 0 Å². The van der Waals surface area contributed by atoms with E-state index in [1.807, 2.05) is 0 Å². The van der Waals surface area contributed by atoms with Crippen molar-refractivity contribution in [2.45, 2.75) is 26.4 Å². The van der Waals surface area contributed by atoms with Gasteiger partial charge in [-0.2, -0.15) is 0 Å². The number of nitrogens with zero attached hydrogens (tertiary/aromatic N) is 3. The number of guanidine groups is 1. The third kappa shape index (κ3) is 7.87. The Morgan fingerprint density at radius 1 is 1.16 bits per heavy atom. The zero-order chi connectivity index (χ0) is 17.4. The zero-order valence-corrected chi connectivity index (χ0v) is 17.8. The van der Waals surface area contributed by atoms with Gasteiger partial charge in [-0.3, -0.25) is 4.90 Å². The van der Waals surface area contributed by atoms with Gasteiger partial charge in [-0.15, -0.1) is 24.0 Å². The minimum atomic E-state index is -0.214. The Bertz CT molecular complexity index is 515. The molecule has 1 aromatic carbocycles. The van der Waals surface area contributed by atoms with Gasteiger partial charge in [0.1, 0.15) is 5.82 Å². The van der Waals surface area contributed by atoms with Crippen LogP contribution in [0.5, 0.6) is 0 Å². The van der Waals surface area contributed by atoms with Crippen LogP contribution < -0.4 is 10.6 Å². The first-order chi connectivity index (χ1) is 11.6. The molecule has 1 aliphatic heterocycles. The molecule has 0 saturated carbocycles. The first-order valence-electron chi connectivity index (χ1n) is 8.77. The van der Waals surface area contributed by atoms with Crippen LogP contribution in [0, 0.1) is 5.82 Å². The number of aliphatic imine (C=N–C) groups is 1. The van der Waals surface area contributed by atoms with Crippen molar-refractivity contribution in [2.75, 3.05) is 46.3 Å². The van der Waals surface area contributed by atoms with Crippen LogP contribution in [0.3, 0.4) is 0 Å². The summed E-state index contributed by atoms with van der Waals surface area (Å²) >= 11 is 0. The molecular weight excluding hydrogens is 432 g/mol. The number of benzene rings is 1. The number of piperazine rings is 1. The molecule has 5 nitrogen and oxygen atoms in total. The lowest BCUT2D eigenvalue weighted by Gasteiger charge is -2.36. The molecule has 25 heavy (non-hydrogen) atoms. The SMILES string of the molecule is CCNC(=NCc1ccc(F)cc1)NCC(C)N1CCN(C)CC1.I. The zero-order valence-electron chi connectivity index (χ0n) is 15.5. The van der Waals surface area contributed by atoms with E-state index in [0.29, 0.717) is 12.6 Å². The van der Waals surface area contributed by atoms with E-state index in [1.54, 1.807) is 12.1 Å². The average molecular weight is 463 g/mol. The summed E-state index contributed by atoms with van der Waals surface area (Å²) in [4.78, 5) is 9.46. The second-order valence-electron chi connectivity index (χ2n) is 6.39. The lowest BCUT2D eigenvalue weighted by atomic mass is 10.2. The smallest absolute Gasteiger partial charge is 0.191 e. The van der Waals surface area contributed by atoms with E-state index < -0.39 is 0 Å². The highest BCUT2D eigenvalue weighted by molar-refractivity contribution is 14.0. The molecule has 0 radical (unpaired) electrons. The number of hydrogen-bond donors (Lipinski definition) is 2. The van der Waals surface area contributed by atoms with Gasteiger partial charge in [-0.05, 0) is 38.6 Å². The van der Waals surface area contributed by atoms with E-state index in [9.17, 15) is 4.39 Å². The van der Waals surface area contributed by atoms with Crippen LogP contribution in [-0.2, 0) is 6.54 Å². The predicted molar refractivity (Wildman–Crippen MR) is 113 cm³/mol. The van der Waals surface area contributed by atoms with Crippen molar-refractivity contribution in [3.05, 3.63) is 35.6 Å². The summed E-state index contributed by atoms with van der Waals surface area (Å²) in [5, 5.41) is 6.69. The van der Waals surface area contributed by atoms with Crippen LogP contribution in [0.15, 0.2) is 29.3 Å². The Labute approximate surface area is 168 Å². The highest BCUT2D eigenvalue weighted by atomic mass is 127. The normalized spacial score (nSPS) is 17.7. The third-order valence-corrected chi connectivity index (χ3v) is 4.40. The first kappa shape index (κ1) is 22.1. The standard InChI is InChI=1S/C18H30FN5.HI/c1-4-20-18(22-14-16-5-7-17(19)8-6-16)21-13-15(2)24-11-9-23(3)10-12-24;/h5-8,15H,4,9-14H2,1-3H3,(H2,20,21,22);1H. The minimum absolute atomic E-state index is 0. The molecule has 0 spiro atoms. The van der Waals surface area contributed by atoms with Crippen molar-refractivity contribution in [3.8, 4) is 0 Å². The molecule has 1 aromatic rings. The van der Waals surface area contributed by atoms with Crippen molar-refractivity contribution in [1.82, 2.24) is 20.4 Å². The Morgan fingerprint density at radius 2 is 1.80 bits per heavy atom. The summed E-state index contributed by atoms with van der Waals surface area (Å²) in [5.74, 6) is 0.594. The second kappa shape index (κ2) is 11.6. The van der Waals surface area contributed by atoms with E-state index in [-0.39, 0.29) is 29.8 Å². The van der Waals surface area contributed by atoms with Gasteiger partial charge in [0.05, 0.1) is 6.54 Å².